The summed E-state index contributed by atoms with van der Waals surface area (Å²) in [5.74, 6) is 0. The normalized spacial score (nSPS) is 19.4. The van der Waals surface area contributed by atoms with Crippen molar-refractivity contribution < 1.29 is 9.66 Å². The minimum absolute atomic E-state index is 0.116. The second-order valence-electron chi connectivity index (χ2n) is 3.40. The highest BCUT2D eigenvalue weighted by molar-refractivity contribution is 5.43. The van der Waals surface area contributed by atoms with Gasteiger partial charge in [0.1, 0.15) is 0 Å². The van der Waals surface area contributed by atoms with Gasteiger partial charge in [0.15, 0.2) is 0 Å². The molecule has 1 aliphatic carbocycles. The van der Waals surface area contributed by atoms with Crippen LogP contribution >= 0.6 is 0 Å². The lowest BCUT2D eigenvalue weighted by Gasteiger charge is -2.07. The van der Waals surface area contributed by atoms with Crippen LogP contribution < -0.4 is 0 Å². The van der Waals surface area contributed by atoms with Gasteiger partial charge < -0.3 is 4.74 Å². The number of nitro benzene ring substituents is 1. The van der Waals surface area contributed by atoms with Crippen LogP contribution in [0, 0.1) is 10.1 Å². The van der Waals surface area contributed by atoms with Gasteiger partial charge in [-0.1, -0.05) is 0 Å². The fourth-order valence-corrected chi connectivity index (χ4v) is 1.92. The fourth-order valence-electron chi connectivity index (χ4n) is 1.92. The van der Waals surface area contributed by atoms with E-state index in [4.69, 9.17) is 4.74 Å². The molecular weight excluding hydrogens is 182 g/mol. The third kappa shape index (κ3) is 1.37. The Kier molecular flexibility index (Phi) is 2.21. The summed E-state index contributed by atoms with van der Waals surface area (Å²) in [4.78, 5) is 10.2. The second-order valence-corrected chi connectivity index (χ2v) is 3.40. The van der Waals surface area contributed by atoms with Gasteiger partial charge in [-0.2, -0.15) is 0 Å². The topological polar surface area (TPSA) is 52.4 Å². The number of ether oxygens (including phenoxy) is 1. The minimum Gasteiger partial charge on any atom is -0.377 e. The van der Waals surface area contributed by atoms with Crippen molar-refractivity contribution in [1.82, 2.24) is 0 Å². The number of rotatable bonds is 2. The van der Waals surface area contributed by atoms with Crippen LogP contribution in [0.3, 0.4) is 0 Å². The lowest BCUT2D eigenvalue weighted by atomic mass is 10.1. The molecule has 0 aliphatic heterocycles. The van der Waals surface area contributed by atoms with Crippen molar-refractivity contribution in [3.05, 3.63) is 39.4 Å². The summed E-state index contributed by atoms with van der Waals surface area (Å²) < 4.78 is 5.27. The van der Waals surface area contributed by atoms with Gasteiger partial charge in [0, 0.05) is 19.2 Å². The Bertz CT molecular complexity index is 376. The number of benzene rings is 1. The molecule has 0 saturated carbocycles. The van der Waals surface area contributed by atoms with Crippen LogP contribution in [0.25, 0.3) is 0 Å². The monoisotopic (exact) mass is 193 g/mol. The third-order valence-electron chi connectivity index (χ3n) is 2.64. The molecule has 0 spiro atoms. The summed E-state index contributed by atoms with van der Waals surface area (Å²) >= 11 is 0. The molecule has 0 aromatic heterocycles. The molecule has 0 radical (unpaired) electrons. The number of hydrogen-bond donors (Lipinski definition) is 0. The Morgan fingerprint density at radius 2 is 2.36 bits per heavy atom. The van der Waals surface area contributed by atoms with Crippen molar-refractivity contribution in [3.63, 3.8) is 0 Å². The van der Waals surface area contributed by atoms with E-state index in [1.165, 1.54) is 6.07 Å². The van der Waals surface area contributed by atoms with Crippen molar-refractivity contribution in [2.24, 2.45) is 0 Å². The molecule has 0 heterocycles. The van der Waals surface area contributed by atoms with E-state index in [0.717, 1.165) is 24.0 Å². The van der Waals surface area contributed by atoms with E-state index in [1.807, 2.05) is 0 Å². The largest absolute Gasteiger partial charge is 0.377 e. The van der Waals surface area contributed by atoms with Gasteiger partial charge in [-0.05, 0) is 30.0 Å². The Labute approximate surface area is 81.7 Å². The molecule has 1 aromatic carbocycles. The van der Waals surface area contributed by atoms with E-state index < -0.39 is 0 Å². The zero-order valence-electron chi connectivity index (χ0n) is 7.90. The van der Waals surface area contributed by atoms with Crippen LogP contribution in [0.1, 0.15) is 23.7 Å². The highest BCUT2D eigenvalue weighted by atomic mass is 16.6. The van der Waals surface area contributed by atoms with E-state index in [-0.39, 0.29) is 16.7 Å². The van der Waals surface area contributed by atoms with Crippen LogP contribution in [-0.4, -0.2) is 12.0 Å². The van der Waals surface area contributed by atoms with Gasteiger partial charge in [0.05, 0.1) is 11.0 Å². The molecular formula is C10H11NO3. The maximum absolute atomic E-state index is 10.5. The Balaban J connectivity index is 2.39. The molecule has 1 atom stereocenters. The lowest BCUT2D eigenvalue weighted by Crippen LogP contribution is -1.96. The minimum atomic E-state index is -0.361. The Morgan fingerprint density at radius 3 is 3.00 bits per heavy atom. The van der Waals surface area contributed by atoms with Gasteiger partial charge in [-0.25, -0.2) is 0 Å². The molecule has 1 unspecified atom stereocenters. The van der Waals surface area contributed by atoms with Crippen LogP contribution in [0.5, 0.6) is 0 Å². The second kappa shape index (κ2) is 3.38. The van der Waals surface area contributed by atoms with E-state index in [1.54, 1.807) is 19.2 Å². The number of non-ortho nitro benzene ring substituents is 1. The summed E-state index contributed by atoms with van der Waals surface area (Å²) in [5, 5.41) is 10.5. The van der Waals surface area contributed by atoms with Crippen LogP contribution in [0.15, 0.2) is 18.2 Å². The molecule has 2 rings (SSSR count). The first-order valence-electron chi connectivity index (χ1n) is 4.52. The quantitative estimate of drug-likeness (QED) is 0.534. The summed E-state index contributed by atoms with van der Waals surface area (Å²) in [6.07, 6.45) is 1.91. The molecule has 14 heavy (non-hydrogen) atoms. The van der Waals surface area contributed by atoms with Crippen molar-refractivity contribution in [2.45, 2.75) is 18.9 Å². The molecule has 0 N–H and O–H groups in total. The predicted octanol–water partition coefficient (Wildman–Crippen LogP) is 2.23. The molecule has 0 saturated heterocycles. The Hall–Kier alpha value is -1.42. The van der Waals surface area contributed by atoms with Crippen LogP contribution in [0.2, 0.25) is 0 Å². The van der Waals surface area contributed by atoms with Crippen molar-refractivity contribution in [2.75, 3.05) is 7.11 Å². The molecule has 1 aromatic rings. The van der Waals surface area contributed by atoms with E-state index in [2.05, 4.69) is 0 Å². The first-order valence-corrected chi connectivity index (χ1v) is 4.52. The molecule has 0 amide bonds. The average molecular weight is 193 g/mol. The summed E-state index contributed by atoms with van der Waals surface area (Å²) in [6.45, 7) is 0. The lowest BCUT2D eigenvalue weighted by molar-refractivity contribution is -0.384. The SMILES string of the molecule is COC1CCc2cc([N+](=O)[O-])ccc21. The molecule has 0 fully saturated rings. The van der Waals surface area contributed by atoms with Gasteiger partial charge in [0.2, 0.25) is 0 Å². The average Bonchev–Trinajstić information content (AvgIpc) is 2.59. The highest BCUT2D eigenvalue weighted by Crippen LogP contribution is 2.35. The number of methoxy groups -OCH3 is 1. The molecule has 4 heteroatoms. The number of aryl methyl sites for hydroxylation is 1. The number of hydrogen-bond acceptors (Lipinski definition) is 3. The Morgan fingerprint density at radius 1 is 1.57 bits per heavy atom. The predicted molar refractivity (Wildman–Crippen MR) is 51.2 cm³/mol. The number of nitro groups is 1. The molecule has 0 bridgehead atoms. The van der Waals surface area contributed by atoms with E-state index in [0.29, 0.717) is 0 Å². The maximum Gasteiger partial charge on any atom is 0.269 e. The standard InChI is InChI=1S/C10H11NO3/c1-14-10-5-2-7-6-8(11(12)13)3-4-9(7)10/h3-4,6,10H,2,5H2,1H3. The summed E-state index contributed by atoms with van der Waals surface area (Å²) in [6, 6.07) is 4.99. The first-order chi connectivity index (χ1) is 6.72. The first kappa shape index (κ1) is 9.15. The van der Waals surface area contributed by atoms with Crippen molar-refractivity contribution >= 4 is 5.69 Å². The number of fused-ring (bicyclic) bond motifs is 1. The number of nitrogens with zero attached hydrogens (tertiary/aromatic N) is 1. The molecule has 4 nitrogen and oxygen atoms in total. The fraction of sp³-hybridized carbons (Fsp3) is 0.400. The molecule has 74 valence electrons. The van der Waals surface area contributed by atoms with Crippen molar-refractivity contribution in [1.29, 1.82) is 0 Å². The van der Waals surface area contributed by atoms with Crippen molar-refractivity contribution in [3.8, 4) is 0 Å². The van der Waals surface area contributed by atoms with Gasteiger partial charge >= 0.3 is 0 Å². The van der Waals surface area contributed by atoms with Gasteiger partial charge in [0.25, 0.3) is 5.69 Å². The highest BCUT2D eigenvalue weighted by Gasteiger charge is 2.23. The summed E-state index contributed by atoms with van der Waals surface area (Å²) in [5.41, 5.74) is 2.31. The van der Waals surface area contributed by atoms with E-state index >= 15 is 0 Å². The third-order valence-corrected chi connectivity index (χ3v) is 2.64. The maximum atomic E-state index is 10.5. The van der Waals surface area contributed by atoms with E-state index in [9.17, 15) is 10.1 Å². The van der Waals surface area contributed by atoms with Crippen LogP contribution in [-0.2, 0) is 11.2 Å². The smallest absolute Gasteiger partial charge is 0.269 e. The zero-order chi connectivity index (χ0) is 10.1. The summed E-state index contributed by atoms with van der Waals surface area (Å²) in [7, 11) is 1.67. The molecule has 1 aliphatic rings. The van der Waals surface area contributed by atoms with Gasteiger partial charge in [-0.15, -0.1) is 0 Å². The van der Waals surface area contributed by atoms with Crippen LogP contribution in [0.4, 0.5) is 5.69 Å². The zero-order valence-corrected chi connectivity index (χ0v) is 7.90. The van der Waals surface area contributed by atoms with Gasteiger partial charge in [-0.3, -0.25) is 10.1 Å².